The van der Waals surface area contributed by atoms with Crippen LogP contribution in [0.15, 0.2) is 69.6 Å². The Bertz CT molecular complexity index is 1400. The van der Waals surface area contributed by atoms with Crippen molar-refractivity contribution >= 4 is 27.5 Å². The first-order chi connectivity index (χ1) is 15.1. The van der Waals surface area contributed by atoms with Crippen LogP contribution in [-0.4, -0.2) is 21.8 Å². The van der Waals surface area contributed by atoms with E-state index in [0.717, 1.165) is 10.1 Å². The van der Waals surface area contributed by atoms with Gasteiger partial charge in [-0.2, -0.15) is 0 Å². The highest BCUT2D eigenvalue weighted by Crippen LogP contribution is 2.32. The highest BCUT2D eigenvalue weighted by atomic mass is 32.1. The van der Waals surface area contributed by atoms with Gasteiger partial charge in [0.1, 0.15) is 11.2 Å². The zero-order chi connectivity index (χ0) is 21.4. The van der Waals surface area contributed by atoms with Gasteiger partial charge >= 0.3 is 5.69 Å². The molecule has 156 valence electrons. The molecule has 0 atom stereocenters. The van der Waals surface area contributed by atoms with Crippen LogP contribution in [0.1, 0.15) is 5.56 Å². The highest BCUT2D eigenvalue weighted by molar-refractivity contribution is 7.17. The van der Waals surface area contributed by atoms with Crippen LogP contribution in [0, 0.1) is 0 Å². The third-order valence-corrected chi connectivity index (χ3v) is 5.89. The Morgan fingerprint density at radius 2 is 1.84 bits per heavy atom. The number of carbonyl (C=O) groups is 1. The Labute approximate surface area is 179 Å². The fourth-order valence-electron chi connectivity index (χ4n) is 3.50. The molecule has 0 saturated carbocycles. The number of nitrogens with zero attached hydrogens (tertiary/aromatic N) is 2. The maximum absolute atomic E-state index is 13.2. The van der Waals surface area contributed by atoms with Gasteiger partial charge in [0.25, 0.3) is 5.56 Å². The Hall–Kier alpha value is -3.85. The molecule has 5 rings (SSSR count). The van der Waals surface area contributed by atoms with Crippen LogP contribution < -0.4 is 26.0 Å². The molecule has 8 nitrogen and oxygen atoms in total. The van der Waals surface area contributed by atoms with E-state index in [2.05, 4.69) is 5.32 Å². The smallest absolute Gasteiger partial charge is 0.336 e. The van der Waals surface area contributed by atoms with Crippen molar-refractivity contribution in [3.8, 4) is 17.2 Å². The molecule has 1 amide bonds. The number of carbonyl (C=O) groups excluding carboxylic acids is 1. The van der Waals surface area contributed by atoms with E-state index in [1.807, 2.05) is 6.07 Å². The van der Waals surface area contributed by atoms with Crippen LogP contribution >= 0.6 is 11.3 Å². The maximum Gasteiger partial charge on any atom is 0.336 e. The molecule has 0 aliphatic carbocycles. The molecule has 0 radical (unpaired) electrons. The number of fused-ring (bicyclic) bond motifs is 2. The Morgan fingerprint density at radius 3 is 2.68 bits per heavy atom. The van der Waals surface area contributed by atoms with Crippen molar-refractivity contribution in [1.29, 1.82) is 0 Å². The summed E-state index contributed by atoms with van der Waals surface area (Å²) in [5, 5.41) is 4.56. The summed E-state index contributed by atoms with van der Waals surface area (Å²) in [7, 11) is 0. The molecule has 4 aromatic rings. The van der Waals surface area contributed by atoms with Gasteiger partial charge in [-0.1, -0.05) is 24.3 Å². The van der Waals surface area contributed by atoms with Crippen LogP contribution in [0.3, 0.4) is 0 Å². The third kappa shape index (κ3) is 3.49. The molecule has 3 heterocycles. The van der Waals surface area contributed by atoms with Gasteiger partial charge in [0.2, 0.25) is 12.7 Å². The zero-order valence-corrected chi connectivity index (χ0v) is 17.1. The Morgan fingerprint density at radius 1 is 1.03 bits per heavy atom. The zero-order valence-electron chi connectivity index (χ0n) is 16.2. The minimum atomic E-state index is -0.555. The van der Waals surface area contributed by atoms with Crippen molar-refractivity contribution in [3.63, 3.8) is 0 Å². The number of thiophene rings is 1. The molecule has 0 unspecified atom stereocenters. The van der Waals surface area contributed by atoms with E-state index in [0.29, 0.717) is 27.4 Å². The van der Waals surface area contributed by atoms with E-state index in [4.69, 9.17) is 9.47 Å². The SMILES string of the molecule is O=C(Cn1c(=O)n(-c2ccccc2)c(=O)c2sccc21)NCc1ccc2c(c1)OCO2. The van der Waals surface area contributed by atoms with Gasteiger partial charge in [0.15, 0.2) is 11.5 Å². The third-order valence-electron chi connectivity index (χ3n) is 5.00. The van der Waals surface area contributed by atoms with Crippen LogP contribution in [-0.2, 0) is 17.9 Å². The standard InChI is InChI=1S/C22H17N3O5S/c26-19(23-11-14-6-7-17-18(10-14)30-13-29-17)12-24-16-8-9-31-20(16)21(27)25(22(24)28)15-4-2-1-3-5-15/h1-10H,11-13H2,(H,23,26). The number of aromatic nitrogens is 2. The van der Waals surface area contributed by atoms with E-state index in [9.17, 15) is 14.4 Å². The molecule has 0 saturated heterocycles. The van der Waals surface area contributed by atoms with Gasteiger partial charge in [-0.3, -0.25) is 14.2 Å². The molecule has 1 aliphatic heterocycles. The summed E-state index contributed by atoms with van der Waals surface area (Å²) in [5.74, 6) is 0.966. The lowest BCUT2D eigenvalue weighted by atomic mass is 10.2. The first-order valence-electron chi connectivity index (χ1n) is 9.55. The monoisotopic (exact) mass is 435 g/mol. The summed E-state index contributed by atoms with van der Waals surface area (Å²) in [5.41, 5.74) is 0.811. The molecule has 2 aromatic heterocycles. The number of para-hydroxylation sites is 1. The predicted octanol–water partition coefficient (Wildman–Crippen LogP) is 2.26. The predicted molar refractivity (Wildman–Crippen MR) is 116 cm³/mol. The molecule has 0 spiro atoms. The normalized spacial score (nSPS) is 12.3. The van der Waals surface area contributed by atoms with Gasteiger partial charge < -0.3 is 14.8 Å². The van der Waals surface area contributed by atoms with Gasteiger partial charge in [0, 0.05) is 6.54 Å². The van der Waals surface area contributed by atoms with Crippen molar-refractivity contribution in [2.75, 3.05) is 6.79 Å². The van der Waals surface area contributed by atoms with E-state index in [1.54, 1.807) is 53.9 Å². The van der Waals surface area contributed by atoms with Crippen molar-refractivity contribution in [2.45, 2.75) is 13.1 Å². The van der Waals surface area contributed by atoms with Crippen molar-refractivity contribution in [2.24, 2.45) is 0 Å². The number of hydrogen-bond acceptors (Lipinski definition) is 6. The molecular weight excluding hydrogens is 418 g/mol. The maximum atomic E-state index is 13.2. The topological polar surface area (TPSA) is 91.6 Å². The van der Waals surface area contributed by atoms with E-state index >= 15 is 0 Å². The van der Waals surface area contributed by atoms with Gasteiger partial charge in [-0.25, -0.2) is 9.36 Å². The largest absolute Gasteiger partial charge is 0.454 e. The second-order valence-corrected chi connectivity index (χ2v) is 7.86. The molecule has 1 aliphatic rings. The number of ether oxygens (including phenoxy) is 2. The highest BCUT2D eigenvalue weighted by Gasteiger charge is 2.18. The average molecular weight is 435 g/mol. The summed E-state index contributed by atoms with van der Waals surface area (Å²) >= 11 is 1.24. The molecule has 9 heteroatoms. The number of amides is 1. The van der Waals surface area contributed by atoms with E-state index in [-0.39, 0.29) is 25.8 Å². The van der Waals surface area contributed by atoms with E-state index < -0.39 is 11.2 Å². The van der Waals surface area contributed by atoms with Gasteiger partial charge in [-0.05, 0) is 41.3 Å². The second kappa shape index (κ2) is 7.77. The fraction of sp³-hybridized carbons (Fsp3) is 0.136. The first kappa shape index (κ1) is 19.1. The van der Waals surface area contributed by atoms with Crippen molar-refractivity contribution in [3.05, 3.63) is 86.4 Å². The molecule has 0 fully saturated rings. The Kier molecular flexibility index (Phi) is 4.79. The fourth-order valence-corrected chi connectivity index (χ4v) is 4.32. The minimum Gasteiger partial charge on any atom is -0.454 e. The van der Waals surface area contributed by atoms with Crippen molar-refractivity contribution < 1.29 is 14.3 Å². The molecule has 2 aromatic carbocycles. The summed E-state index contributed by atoms with van der Waals surface area (Å²) in [4.78, 5) is 38.7. The summed E-state index contributed by atoms with van der Waals surface area (Å²) in [6.07, 6.45) is 0. The Balaban J connectivity index is 1.43. The number of hydrogen-bond donors (Lipinski definition) is 1. The van der Waals surface area contributed by atoms with Gasteiger partial charge in [0.05, 0.1) is 11.2 Å². The molecular formula is C22H17N3O5S. The lowest BCUT2D eigenvalue weighted by molar-refractivity contribution is -0.121. The number of rotatable bonds is 5. The van der Waals surface area contributed by atoms with Crippen molar-refractivity contribution in [1.82, 2.24) is 14.5 Å². The van der Waals surface area contributed by atoms with Crippen LogP contribution in [0.4, 0.5) is 0 Å². The summed E-state index contributed by atoms with van der Waals surface area (Å²) < 4.78 is 13.5. The molecule has 31 heavy (non-hydrogen) atoms. The van der Waals surface area contributed by atoms with Crippen LogP contribution in [0.25, 0.3) is 15.9 Å². The second-order valence-electron chi connectivity index (χ2n) is 6.94. The number of benzene rings is 2. The number of nitrogens with one attached hydrogen (secondary N) is 1. The van der Waals surface area contributed by atoms with Gasteiger partial charge in [-0.15, -0.1) is 11.3 Å². The summed E-state index contributed by atoms with van der Waals surface area (Å²) in [6.45, 7) is 0.251. The van der Waals surface area contributed by atoms with Crippen LogP contribution in [0.5, 0.6) is 11.5 Å². The lowest BCUT2D eigenvalue weighted by Crippen LogP contribution is -2.41. The van der Waals surface area contributed by atoms with Crippen LogP contribution in [0.2, 0.25) is 0 Å². The minimum absolute atomic E-state index is 0.182. The van der Waals surface area contributed by atoms with E-state index in [1.165, 1.54) is 15.9 Å². The average Bonchev–Trinajstić information content (AvgIpc) is 3.45. The first-order valence-corrected chi connectivity index (χ1v) is 10.4. The summed E-state index contributed by atoms with van der Waals surface area (Å²) in [6, 6.07) is 15.8. The quantitative estimate of drug-likeness (QED) is 0.519. The molecule has 0 bridgehead atoms. The lowest BCUT2D eigenvalue weighted by Gasteiger charge is -2.12. The molecule has 1 N–H and O–H groups in total.